The predicted octanol–water partition coefficient (Wildman–Crippen LogP) is 8.74. The molecule has 0 radical (unpaired) electrons. The summed E-state index contributed by atoms with van der Waals surface area (Å²) in [5.74, 6) is 0.362. The van der Waals surface area contributed by atoms with Gasteiger partial charge >= 0.3 is 12.1 Å². The van der Waals surface area contributed by atoms with E-state index in [1.165, 1.54) is 12.1 Å². The fourth-order valence-corrected chi connectivity index (χ4v) is 14.5. The van der Waals surface area contributed by atoms with Crippen LogP contribution in [0.3, 0.4) is 0 Å². The van der Waals surface area contributed by atoms with Crippen molar-refractivity contribution >= 4 is 67.8 Å². The lowest BCUT2D eigenvalue weighted by molar-refractivity contribution is -0.134. The van der Waals surface area contributed by atoms with Crippen LogP contribution in [0.15, 0.2) is 42.5 Å². The monoisotopic (exact) mass is 1090 g/mol. The third-order valence-electron chi connectivity index (χ3n) is 18.6. The number of likely N-dealkylation sites (tertiary alicyclic amines) is 1. The van der Waals surface area contributed by atoms with E-state index < -0.39 is 17.6 Å². The molecule has 11 heterocycles. The molecule has 6 fully saturated rings. The summed E-state index contributed by atoms with van der Waals surface area (Å²) < 4.78 is 53.7. The van der Waals surface area contributed by atoms with E-state index in [0.29, 0.717) is 109 Å². The predicted molar refractivity (Wildman–Crippen MR) is 297 cm³/mol. The second-order valence-corrected chi connectivity index (χ2v) is 23.4. The van der Waals surface area contributed by atoms with Gasteiger partial charge in [-0.15, -0.1) is 0 Å². The number of anilines is 2. The summed E-state index contributed by atoms with van der Waals surface area (Å²) in [4.78, 5) is 66.8. The Labute approximate surface area is 462 Å². The number of nitrogens with zero attached hydrogens (tertiary/aromatic N) is 10. The number of hydrogen-bond donors (Lipinski definition) is 2. The molecular formula is C60H69F2N11O7. The molecule has 6 saturated heterocycles. The Morgan fingerprint density at radius 1 is 0.900 bits per heavy atom. The molecule has 3 amide bonds. The first-order valence-corrected chi connectivity index (χ1v) is 29.0. The number of allylic oxidation sites excluding steroid dienone is 1. The van der Waals surface area contributed by atoms with E-state index in [2.05, 4.69) is 31.2 Å². The number of halogens is 2. The first-order valence-electron chi connectivity index (χ1n) is 29.0. The number of carbonyl (C=O) groups excluding carboxylic acids is 3. The Hall–Kier alpha value is -7.06. The van der Waals surface area contributed by atoms with E-state index in [1.54, 1.807) is 16.8 Å². The quantitative estimate of drug-likeness (QED) is 0.117. The van der Waals surface area contributed by atoms with E-state index in [0.717, 1.165) is 106 Å². The maximum Gasteiger partial charge on any atom is 0.409 e. The number of phenolic OH excluding ortho intramolecular Hbond substituents is 1. The summed E-state index contributed by atoms with van der Waals surface area (Å²) >= 11 is 0. The average Bonchev–Trinajstić information content (AvgIpc) is 4.11. The van der Waals surface area contributed by atoms with E-state index >= 15 is 8.78 Å². The molecule has 4 aromatic heterocycles. The molecule has 13 rings (SSSR count). The van der Waals surface area contributed by atoms with Crippen molar-refractivity contribution in [1.29, 1.82) is 0 Å². The maximum atomic E-state index is 17.7. The molecule has 2 N–H and O–H groups in total. The van der Waals surface area contributed by atoms with E-state index in [9.17, 15) is 19.5 Å². The molecule has 20 heteroatoms. The van der Waals surface area contributed by atoms with Crippen molar-refractivity contribution in [1.82, 2.24) is 44.8 Å². The van der Waals surface area contributed by atoms with Gasteiger partial charge in [0.15, 0.2) is 11.5 Å². The van der Waals surface area contributed by atoms with Crippen molar-refractivity contribution < 1.29 is 42.5 Å². The van der Waals surface area contributed by atoms with Gasteiger partial charge in [-0.1, -0.05) is 19.1 Å². The Bertz CT molecular complexity index is 3480. The van der Waals surface area contributed by atoms with Gasteiger partial charge in [0.2, 0.25) is 11.8 Å². The number of benzene rings is 2. The summed E-state index contributed by atoms with van der Waals surface area (Å²) in [6, 6.07) is 9.89. The van der Waals surface area contributed by atoms with Gasteiger partial charge in [0.05, 0.1) is 40.9 Å². The zero-order valence-corrected chi connectivity index (χ0v) is 45.8. The number of phenols is 1. The van der Waals surface area contributed by atoms with Gasteiger partial charge in [-0.05, 0) is 155 Å². The Kier molecular flexibility index (Phi) is 13.8. The summed E-state index contributed by atoms with van der Waals surface area (Å²) in [5, 5.41) is 20.4. The Balaban J connectivity index is 0.646. The van der Waals surface area contributed by atoms with Crippen molar-refractivity contribution in [2.24, 2.45) is 18.9 Å². The van der Waals surface area contributed by atoms with Gasteiger partial charge in [0.25, 0.3) is 0 Å². The van der Waals surface area contributed by atoms with E-state index in [4.69, 9.17) is 34.1 Å². The van der Waals surface area contributed by atoms with Gasteiger partial charge in [0.1, 0.15) is 47.6 Å². The molecule has 2 aromatic carbocycles. The molecule has 80 heavy (non-hydrogen) atoms. The van der Waals surface area contributed by atoms with E-state index in [-0.39, 0.29) is 70.7 Å². The van der Waals surface area contributed by atoms with Crippen LogP contribution in [0.2, 0.25) is 0 Å². The van der Waals surface area contributed by atoms with Crippen LogP contribution in [0.4, 0.5) is 25.2 Å². The number of carbonyl (C=O) groups is 3. The fraction of sp³-hybridized carbons (Fsp3) is 0.533. The van der Waals surface area contributed by atoms with Gasteiger partial charge in [-0.25, -0.2) is 23.5 Å². The molecule has 18 nitrogen and oxygen atoms in total. The number of rotatable bonds is 11. The van der Waals surface area contributed by atoms with Crippen molar-refractivity contribution in [3.63, 3.8) is 0 Å². The lowest BCUT2D eigenvalue weighted by atomic mass is 9.83. The number of imide groups is 1. The number of aryl methyl sites for hydroxylation is 2. The molecule has 7 aliphatic heterocycles. The van der Waals surface area contributed by atoms with Crippen molar-refractivity contribution in [2.75, 3.05) is 75.5 Å². The van der Waals surface area contributed by atoms with Gasteiger partial charge in [0, 0.05) is 69.8 Å². The van der Waals surface area contributed by atoms with Gasteiger partial charge < -0.3 is 34.0 Å². The first-order chi connectivity index (χ1) is 38.8. The number of aromatic hydroxyl groups is 1. The molecule has 4 atom stereocenters. The molecule has 6 aromatic rings. The standard InChI is InChI=1S/C60H69F2N11O7/c1-4-41-45(61)10-7-37-29-40(74)30-44(48(37)41)53-50(62)54-49-51(65-53)34(2)27-39-31-78-26-6-20-72(39)56(49)67-58(66-54)80-33-60-18-5-21-73(60)38(13-19-60)32-79-59(77)71-24-16-36(17-25-71)28-35-14-22-70(23-15-35)46-11-8-42-52(68-69(3)55(42)63-46)43-9-12-47(75)64-57(43)76/h7-8,10-11,27,29-30,35-36,38-39,43,74H,4-6,9,12-26,28,31-33H2,1-3H3,(H,64,75,76)/t38-,39-,43?,60-/m0/s1. The third kappa shape index (κ3) is 9.42. The maximum absolute atomic E-state index is 17.7. The first kappa shape index (κ1) is 52.3. The van der Waals surface area contributed by atoms with Gasteiger partial charge in [-0.3, -0.25) is 24.5 Å². The number of amides is 3. The topological polar surface area (TPSA) is 193 Å². The van der Waals surface area contributed by atoms with Crippen LogP contribution < -0.4 is 19.9 Å². The molecular weight excluding hydrogens is 1020 g/mol. The molecule has 0 aliphatic carbocycles. The smallest absolute Gasteiger partial charge is 0.409 e. The summed E-state index contributed by atoms with van der Waals surface area (Å²) in [6.07, 6.45) is 12.4. The largest absolute Gasteiger partial charge is 0.508 e. The van der Waals surface area contributed by atoms with Crippen LogP contribution >= 0.6 is 0 Å². The summed E-state index contributed by atoms with van der Waals surface area (Å²) in [6.45, 7) is 9.99. The number of nitrogens with one attached hydrogen (secondary N) is 1. The molecule has 0 saturated carbocycles. The molecule has 420 valence electrons. The number of fused-ring (bicyclic) bond motifs is 5. The zero-order chi connectivity index (χ0) is 55.0. The lowest BCUT2D eigenvalue weighted by Gasteiger charge is -2.37. The highest BCUT2D eigenvalue weighted by molar-refractivity contribution is 6.05. The minimum Gasteiger partial charge on any atom is -0.508 e. The second kappa shape index (κ2) is 21.1. The number of ether oxygens (including phenoxy) is 3. The van der Waals surface area contributed by atoms with Crippen molar-refractivity contribution in [2.45, 2.75) is 121 Å². The van der Waals surface area contributed by atoms with Crippen LogP contribution in [0.1, 0.15) is 114 Å². The number of aromatic nitrogens is 6. The summed E-state index contributed by atoms with van der Waals surface area (Å²) in [7, 11) is 1.85. The summed E-state index contributed by atoms with van der Waals surface area (Å²) in [5.41, 5.74) is 3.05. The van der Waals surface area contributed by atoms with Crippen LogP contribution in [0, 0.1) is 23.5 Å². The molecule has 7 aliphatic rings. The van der Waals surface area contributed by atoms with E-state index in [1.807, 2.05) is 37.9 Å². The fourth-order valence-electron chi connectivity index (χ4n) is 14.5. The van der Waals surface area contributed by atoms with Crippen LogP contribution in [-0.4, -0.2) is 146 Å². The highest BCUT2D eigenvalue weighted by Gasteiger charge is 2.50. The Morgan fingerprint density at radius 2 is 1.71 bits per heavy atom. The van der Waals surface area contributed by atoms with Crippen molar-refractivity contribution in [3.05, 3.63) is 71.1 Å². The minimum absolute atomic E-state index is 0.0303. The van der Waals surface area contributed by atoms with Crippen LogP contribution in [0.5, 0.6) is 11.8 Å². The highest BCUT2D eigenvalue weighted by atomic mass is 19.1. The minimum atomic E-state index is -0.710. The third-order valence-corrected chi connectivity index (χ3v) is 18.6. The highest BCUT2D eigenvalue weighted by Crippen LogP contribution is 2.46. The Morgan fingerprint density at radius 3 is 2.51 bits per heavy atom. The molecule has 1 unspecified atom stereocenters. The number of hydrogen-bond acceptors (Lipinski definition) is 15. The second-order valence-electron chi connectivity index (χ2n) is 23.4. The molecule has 0 spiro atoms. The molecule has 0 bridgehead atoms. The zero-order valence-electron chi connectivity index (χ0n) is 45.8. The SMILES string of the molecule is CCc1c(F)ccc2cc(O)cc(-c3nc4c5c(nc(OC[C@@]67CCCN6[C@H](COC(=O)N6CCC(CC8CCN(c9ccc%10c(C%11CCC(=O)NC%11=O)nn(C)c%10n9)CC8)CC6)CC7)nc5c3F)N3CCCOC[C@@H]3C=C4C)c12. The normalized spacial score (nSPS) is 24.0. The van der Waals surface area contributed by atoms with Crippen LogP contribution in [-0.2, 0) is 32.5 Å². The lowest BCUT2D eigenvalue weighted by Crippen LogP contribution is -2.48. The van der Waals surface area contributed by atoms with Crippen LogP contribution in [0.25, 0.3) is 49.5 Å². The van der Waals surface area contributed by atoms with Gasteiger partial charge in [-0.2, -0.15) is 15.1 Å². The number of piperidine rings is 3. The number of pyridine rings is 2. The van der Waals surface area contributed by atoms with Crippen molar-refractivity contribution in [3.8, 4) is 23.0 Å². The average molecular weight is 1090 g/mol.